The molecule has 0 spiro atoms. The van der Waals surface area contributed by atoms with Gasteiger partial charge in [0.2, 0.25) is 5.91 Å². The van der Waals surface area contributed by atoms with E-state index >= 15 is 0 Å². The van der Waals surface area contributed by atoms with E-state index in [1.54, 1.807) is 4.90 Å². The van der Waals surface area contributed by atoms with Crippen LogP contribution in [0, 0.1) is 17.2 Å². The molecule has 1 aliphatic rings. The van der Waals surface area contributed by atoms with Crippen molar-refractivity contribution in [3.63, 3.8) is 0 Å². The van der Waals surface area contributed by atoms with Crippen molar-refractivity contribution in [2.24, 2.45) is 5.92 Å². The Labute approximate surface area is 181 Å². The van der Waals surface area contributed by atoms with Gasteiger partial charge in [-0.3, -0.25) is 4.79 Å². The minimum absolute atomic E-state index is 0.141. The average Bonchev–Trinajstić information content (AvgIpc) is 2.73. The van der Waals surface area contributed by atoms with Crippen LogP contribution in [0.25, 0.3) is 0 Å². The number of benzene rings is 1. The second kappa shape index (κ2) is 8.72. The van der Waals surface area contributed by atoms with Crippen LogP contribution >= 0.6 is 11.6 Å². The van der Waals surface area contributed by atoms with Crippen LogP contribution in [0.3, 0.4) is 0 Å². The van der Waals surface area contributed by atoms with Crippen LogP contribution in [-0.2, 0) is 21.0 Å². The van der Waals surface area contributed by atoms with E-state index in [-0.39, 0.29) is 47.2 Å². The lowest BCUT2D eigenvalue weighted by Crippen LogP contribution is -2.42. The van der Waals surface area contributed by atoms with E-state index in [9.17, 15) is 26.4 Å². The Hall–Kier alpha value is -2.84. The minimum atomic E-state index is -4.55. The van der Waals surface area contributed by atoms with E-state index in [4.69, 9.17) is 16.9 Å². The molecule has 0 saturated carbocycles. The van der Waals surface area contributed by atoms with Crippen LogP contribution in [-0.4, -0.2) is 32.4 Å². The normalized spacial score (nSPS) is 15.4. The van der Waals surface area contributed by atoms with Gasteiger partial charge in [0.1, 0.15) is 5.82 Å². The molecular formula is C19H16ClF3N4O3S. The van der Waals surface area contributed by atoms with E-state index in [1.165, 1.54) is 24.3 Å². The molecular weight excluding hydrogens is 457 g/mol. The van der Waals surface area contributed by atoms with Crippen molar-refractivity contribution >= 4 is 33.3 Å². The van der Waals surface area contributed by atoms with Crippen LogP contribution in [0.2, 0.25) is 5.02 Å². The van der Waals surface area contributed by atoms with Crippen molar-refractivity contribution in [3.05, 3.63) is 52.7 Å². The number of piperidine rings is 1. The fourth-order valence-corrected chi connectivity index (χ4v) is 4.48. The van der Waals surface area contributed by atoms with Gasteiger partial charge in [0, 0.05) is 25.2 Å². The summed E-state index contributed by atoms with van der Waals surface area (Å²) in [7, 11) is -4.09. The van der Waals surface area contributed by atoms with Gasteiger partial charge in [-0.25, -0.2) is 18.1 Å². The number of carbonyl (C=O) groups is 1. The van der Waals surface area contributed by atoms with Crippen LogP contribution in [0.1, 0.15) is 24.0 Å². The number of anilines is 1. The van der Waals surface area contributed by atoms with Crippen LogP contribution in [0.15, 0.2) is 41.4 Å². The van der Waals surface area contributed by atoms with Crippen molar-refractivity contribution < 1.29 is 26.4 Å². The zero-order chi connectivity index (χ0) is 22.8. The molecule has 0 atom stereocenters. The van der Waals surface area contributed by atoms with E-state index in [0.29, 0.717) is 6.20 Å². The third-order valence-electron chi connectivity index (χ3n) is 4.84. The molecule has 1 aromatic carbocycles. The summed E-state index contributed by atoms with van der Waals surface area (Å²) >= 11 is 5.96. The number of sulfonamides is 1. The summed E-state index contributed by atoms with van der Waals surface area (Å²) < 4.78 is 65.1. The van der Waals surface area contributed by atoms with Crippen molar-refractivity contribution in [2.45, 2.75) is 23.9 Å². The Morgan fingerprint density at radius 1 is 1.23 bits per heavy atom. The number of carbonyl (C=O) groups excluding carboxylic acids is 1. The molecule has 12 heteroatoms. The summed E-state index contributed by atoms with van der Waals surface area (Å²) in [5, 5.41) is 8.63. The lowest BCUT2D eigenvalue weighted by Gasteiger charge is -2.32. The van der Waals surface area contributed by atoms with Crippen molar-refractivity contribution in [3.8, 4) is 6.07 Å². The molecule has 2 heterocycles. The molecule has 1 aliphatic heterocycles. The Bertz CT molecular complexity index is 1120. The topological polar surface area (TPSA) is 103 Å². The molecule has 1 amide bonds. The number of nitrogens with zero attached hydrogens (tertiary/aromatic N) is 3. The van der Waals surface area contributed by atoms with Gasteiger partial charge in [0.05, 0.1) is 27.1 Å². The number of rotatable bonds is 4. The highest BCUT2D eigenvalue weighted by atomic mass is 35.5. The Balaban J connectivity index is 1.63. The van der Waals surface area contributed by atoms with Gasteiger partial charge in [-0.05, 0) is 43.2 Å². The van der Waals surface area contributed by atoms with Crippen LogP contribution in [0.5, 0.6) is 0 Å². The number of alkyl halides is 3. The number of hydrogen-bond donors (Lipinski definition) is 1. The average molecular weight is 473 g/mol. The second-order valence-electron chi connectivity index (χ2n) is 6.89. The lowest BCUT2D eigenvalue weighted by atomic mass is 9.96. The molecule has 164 valence electrons. The standard InChI is InChI=1S/C19H16ClF3N4O3S/c20-16-9-14(19(21,22)23)11-25-17(16)27-7-5-13(6-8-27)18(28)26-31(29,30)15-3-1-12(10-24)2-4-15/h1-4,9,11,13H,5-8H2,(H,26,28). The van der Waals surface area contributed by atoms with Crippen molar-refractivity contribution in [1.82, 2.24) is 9.71 Å². The number of amides is 1. The maximum absolute atomic E-state index is 12.8. The smallest absolute Gasteiger partial charge is 0.355 e. The highest BCUT2D eigenvalue weighted by molar-refractivity contribution is 7.90. The summed E-state index contributed by atoms with van der Waals surface area (Å²) in [5.74, 6) is -1.09. The molecule has 1 fully saturated rings. The van der Waals surface area contributed by atoms with Gasteiger partial charge < -0.3 is 4.90 Å². The molecule has 1 N–H and O–H groups in total. The largest absolute Gasteiger partial charge is 0.417 e. The van der Waals surface area contributed by atoms with Crippen molar-refractivity contribution in [2.75, 3.05) is 18.0 Å². The Kier molecular flexibility index (Phi) is 6.43. The number of pyridine rings is 1. The molecule has 1 aromatic heterocycles. The van der Waals surface area contributed by atoms with Gasteiger partial charge >= 0.3 is 6.18 Å². The molecule has 0 aliphatic carbocycles. The maximum Gasteiger partial charge on any atom is 0.417 e. The number of halogens is 4. The predicted molar refractivity (Wildman–Crippen MR) is 106 cm³/mol. The monoisotopic (exact) mass is 472 g/mol. The molecule has 0 bridgehead atoms. The Morgan fingerprint density at radius 2 is 1.84 bits per heavy atom. The van der Waals surface area contributed by atoms with Crippen molar-refractivity contribution in [1.29, 1.82) is 5.26 Å². The quantitative estimate of drug-likeness (QED) is 0.732. The van der Waals surface area contributed by atoms with E-state index in [1.807, 2.05) is 10.8 Å². The predicted octanol–water partition coefficient (Wildman–Crippen LogP) is 3.35. The number of nitriles is 1. The molecule has 3 rings (SSSR count). The molecule has 1 saturated heterocycles. The Morgan fingerprint density at radius 3 is 2.35 bits per heavy atom. The number of aromatic nitrogens is 1. The number of nitrogens with one attached hydrogen (secondary N) is 1. The molecule has 0 unspecified atom stereocenters. The van der Waals surface area contributed by atoms with Crippen LogP contribution in [0.4, 0.5) is 19.0 Å². The first-order chi connectivity index (χ1) is 14.5. The molecule has 2 aromatic rings. The highest BCUT2D eigenvalue weighted by Gasteiger charge is 2.33. The minimum Gasteiger partial charge on any atom is -0.355 e. The molecule has 31 heavy (non-hydrogen) atoms. The SMILES string of the molecule is N#Cc1ccc(S(=O)(=O)NC(=O)C2CCN(c3ncc(C(F)(F)F)cc3Cl)CC2)cc1. The van der Waals surface area contributed by atoms with E-state index in [2.05, 4.69) is 4.98 Å². The summed E-state index contributed by atoms with van der Waals surface area (Å²) in [6, 6.07) is 7.80. The highest BCUT2D eigenvalue weighted by Crippen LogP contribution is 2.34. The summed E-state index contributed by atoms with van der Waals surface area (Å²) in [6.45, 7) is 0.542. The fraction of sp³-hybridized carbons (Fsp3) is 0.316. The maximum atomic E-state index is 12.8. The lowest BCUT2D eigenvalue weighted by molar-refractivity contribution is -0.137. The molecule has 0 radical (unpaired) electrons. The zero-order valence-corrected chi connectivity index (χ0v) is 17.4. The molecule has 7 nitrogen and oxygen atoms in total. The first-order valence-corrected chi connectivity index (χ1v) is 10.9. The van der Waals surface area contributed by atoms with Gasteiger partial charge in [0.25, 0.3) is 10.0 Å². The van der Waals surface area contributed by atoms with Gasteiger partial charge in [-0.2, -0.15) is 18.4 Å². The van der Waals surface area contributed by atoms with E-state index < -0.39 is 33.6 Å². The number of hydrogen-bond acceptors (Lipinski definition) is 6. The fourth-order valence-electron chi connectivity index (χ4n) is 3.16. The summed E-state index contributed by atoms with van der Waals surface area (Å²) in [4.78, 5) is 17.8. The van der Waals surface area contributed by atoms with E-state index in [0.717, 1.165) is 6.07 Å². The third-order valence-corrected chi connectivity index (χ3v) is 6.48. The summed E-state index contributed by atoms with van der Waals surface area (Å²) in [6.07, 6.45) is -3.31. The van der Waals surface area contributed by atoms with Crippen LogP contribution < -0.4 is 9.62 Å². The van der Waals surface area contributed by atoms with Gasteiger partial charge in [-0.15, -0.1) is 0 Å². The first kappa shape index (κ1) is 22.8. The third kappa shape index (κ3) is 5.26. The van der Waals surface area contributed by atoms with Gasteiger partial charge in [-0.1, -0.05) is 11.6 Å². The summed E-state index contributed by atoms with van der Waals surface area (Å²) in [5.41, 5.74) is -0.670. The second-order valence-corrected chi connectivity index (χ2v) is 8.98. The first-order valence-electron chi connectivity index (χ1n) is 9.06. The zero-order valence-electron chi connectivity index (χ0n) is 15.9. The van der Waals surface area contributed by atoms with Gasteiger partial charge in [0.15, 0.2) is 0 Å².